The second-order valence-corrected chi connectivity index (χ2v) is 6.53. The van der Waals surface area contributed by atoms with Crippen LogP contribution in [0.5, 0.6) is 0 Å². The molecule has 0 aromatic heterocycles. The van der Waals surface area contributed by atoms with Crippen LogP contribution in [0.25, 0.3) is 0 Å². The van der Waals surface area contributed by atoms with Gasteiger partial charge in [-0.15, -0.1) is 0 Å². The monoisotopic (exact) mass is 253 g/mol. The molecule has 18 heavy (non-hydrogen) atoms. The van der Waals surface area contributed by atoms with Gasteiger partial charge in [-0.3, -0.25) is 0 Å². The van der Waals surface area contributed by atoms with E-state index in [1.807, 2.05) is 0 Å². The number of nitrogens with one attached hydrogen (secondary N) is 1. The molecule has 0 aromatic rings. The number of hydrogen-bond acceptors (Lipinski definition) is 1. The Morgan fingerprint density at radius 2 is 1.67 bits per heavy atom. The molecule has 0 heterocycles. The summed E-state index contributed by atoms with van der Waals surface area (Å²) in [5.41, 5.74) is 0. The first-order valence-corrected chi connectivity index (χ1v) is 8.38. The lowest BCUT2D eigenvalue weighted by molar-refractivity contribution is 0.322. The average Bonchev–Trinajstić information content (AvgIpc) is 2.78. The molecule has 0 radical (unpaired) electrons. The van der Waals surface area contributed by atoms with Gasteiger partial charge in [0.15, 0.2) is 0 Å². The fourth-order valence-electron chi connectivity index (χ4n) is 3.67. The van der Waals surface area contributed by atoms with Crippen LogP contribution in [0, 0.1) is 17.8 Å². The first-order valence-electron chi connectivity index (χ1n) is 8.38. The number of rotatable bonds is 9. The molecule has 4 unspecified atom stereocenters. The van der Waals surface area contributed by atoms with Crippen molar-refractivity contribution in [1.82, 2.24) is 5.32 Å². The zero-order valence-corrected chi connectivity index (χ0v) is 13.2. The van der Waals surface area contributed by atoms with Gasteiger partial charge in [0.25, 0.3) is 0 Å². The Kier molecular flexibility index (Phi) is 7.97. The van der Waals surface area contributed by atoms with E-state index in [1.54, 1.807) is 0 Å². The molecule has 1 aliphatic rings. The molecule has 0 amide bonds. The van der Waals surface area contributed by atoms with Crippen molar-refractivity contribution in [2.24, 2.45) is 17.8 Å². The van der Waals surface area contributed by atoms with E-state index in [0.717, 1.165) is 17.8 Å². The molecule has 1 rings (SSSR count). The van der Waals surface area contributed by atoms with Gasteiger partial charge in [-0.2, -0.15) is 0 Å². The van der Waals surface area contributed by atoms with Gasteiger partial charge in [0.2, 0.25) is 0 Å². The summed E-state index contributed by atoms with van der Waals surface area (Å²) in [5, 5.41) is 3.36. The van der Waals surface area contributed by atoms with Crippen LogP contribution in [-0.4, -0.2) is 13.1 Å². The minimum absolute atomic E-state index is 0.697. The quantitative estimate of drug-likeness (QED) is 0.609. The molecule has 0 spiro atoms. The number of hydrogen-bond donors (Lipinski definition) is 1. The van der Waals surface area contributed by atoms with Crippen LogP contribution >= 0.6 is 0 Å². The molecular formula is C17H35N. The van der Waals surface area contributed by atoms with Crippen LogP contribution in [-0.2, 0) is 0 Å². The maximum atomic E-state index is 3.36. The molecular weight excluding hydrogens is 218 g/mol. The highest BCUT2D eigenvalue weighted by Crippen LogP contribution is 2.43. The smallest absolute Gasteiger partial charge is 0.00357 e. The summed E-state index contributed by atoms with van der Waals surface area (Å²) in [6, 6.07) is 0.697. The van der Waals surface area contributed by atoms with Crippen LogP contribution in [0.1, 0.15) is 78.6 Å². The molecule has 1 N–H and O–H groups in total. The van der Waals surface area contributed by atoms with E-state index in [0.29, 0.717) is 6.04 Å². The second kappa shape index (κ2) is 8.96. The highest BCUT2D eigenvalue weighted by atomic mass is 14.8. The van der Waals surface area contributed by atoms with Gasteiger partial charge in [0.1, 0.15) is 0 Å². The van der Waals surface area contributed by atoms with Crippen molar-refractivity contribution >= 4 is 0 Å². The summed E-state index contributed by atoms with van der Waals surface area (Å²) in [4.78, 5) is 0. The van der Waals surface area contributed by atoms with Gasteiger partial charge in [-0.05, 0) is 51.0 Å². The second-order valence-electron chi connectivity index (χ2n) is 6.53. The Labute approximate surface area is 115 Å². The molecule has 0 aliphatic heterocycles. The summed E-state index contributed by atoms with van der Waals surface area (Å²) < 4.78 is 0. The molecule has 1 aliphatic carbocycles. The third-order valence-corrected chi connectivity index (χ3v) is 5.15. The molecule has 1 saturated carbocycles. The predicted octanol–water partition coefficient (Wildman–Crippen LogP) is 5.01. The average molecular weight is 253 g/mol. The van der Waals surface area contributed by atoms with Crippen molar-refractivity contribution in [2.45, 2.75) is 84.6 Å². The van der Waals surface area contributed by atoms with E-state index in [9.17, 15) is 0 Å². The van der Waals surface area contributed by atoms with Gasteiger partial charge in [-0.1, -0.05) is 52.4 Å². The SMILES string of the molecule is CCCCC1CC(CC)CC1CCCC(C)NC. The number of unbranched alkanes of at least 4 members (excludes halogenated alkanes) is 1. The summed E-state index contributed by atoms with van der Waals surface area (Å²) in [5.74, 6) is 3.14. The summed E-state index contributed by atoms with van der Waals surface area (Å²) in [7, 11) is 2.08. The standard InChI is InChI=1S/C17H35N/c1-5-7-10-16-12-15(6-2)13-17(16)11-8-9-14(3)18-4/h14-18H,5-13H2,1-4H3. The third kappa shape index (κ3) is 5.30. The lowest BCUT2D eigenvalue weighted by Crippen LogP contribution is -2.21. The third-order valence-electron chi connectivity index (χ3n) is 5.15. The molecule has 1 nitrogen and oxygen atoms in total. The Morgan fingerprint density at radius 3 is 2.17 bits per heavy atom. The molecule has 0 saturated heterocycles. The highest BCUT2D eigenvalue weighted by Gasteiger charge is 2.32. The summed E-state index contributed by atoms with van der Waals surface area (Å²) in [6.07, 6.45) is 13.0. The normalized spacial score (nSPS) is 29.7. The van der Waals surface area contributed by atoms with Gasteiger partial charge in [-0.25, -0.2) is 0 Å². The lowest BCUT2D eigenvalue weighted by atomic mass is 9.87. The van der Waals surface area contributed by atoms with Crippen molar-refractivity contribution in [1.29, 1.82) is 0 Å². The molecule has 108 valence electrons. The van der Waals surface area contributed by atoms with Gasteiger partial charge >= 0.3 is 0 Å². The van der Waals surface area contributed by atoms with Crippen molar-refractivity contribution in [3.8, 4) is 0 Å². The van der Waals surface area contributed by atoms with Crippen LogP contribution in [0.2, 0.25) is 0 Å². The topological polar surface area (TPSA) is 12.0 Å². The predicted molar refractivity (Wildman–Crippen MR) is 81.9 cm³/mol. The fraction of sp³-hybridized carbons (Fsp3) is 1.00. The van der Waals surface area contributed by atoms with Crippen molar-refractivity contribution in [3.63, 3.8) is 0 Å². The molecule has 0 aromatic carbocycles. The van der Waals surface area contributed by atoms with Crippen LogP contribution < -0.4 is 5.32 Å². The summed E-state index contributed by atoms with van der Waals surface area (Å²) in [6.45, 7) is 7.01. The minimum Gasteiger partial charge on any atom is -0.317 e. The largest absolute Gasteiger partial charge is 0.317 e. The molecule has 4 atom stereocenters. The summed E-state index contributed by atoms with van der Waals surface area (Å²) >= 11 is 0. The lowest BCUT2D eigenvalue weighted by Gasteiger charge is -2.20. The zero-order chi connectivity index (χ0) is 13.4. The van der Waals surface area contributed by atoms with Crippen LogP contribution in [0.4, 0.5) is 0 Å². The Bertz CT molecular complexity index is 202. The maximum absolute atomic E-state index is 3.36. The van der Waals surface area contributed by atoms with E-state index < -0.39 is 0 Å². The van der Waals surface area contributed by atoms with Crippen molar-refractivity contribution in [2.75, 3.05) is 7.05 Å². The first-order chi connectivity index (χ1) is 8.71. The first kappa shape index (κ1) is 16.0. The van der Waals surface area contributed by atoms with Gasteiger partial charge < -0.3 is 5.32 Å². The zero-order valence-electron chi connectivity index (χ0n) is 13.2. The van der Waals surface area contributed by atoms with E-state index >= 15 is 0 Å². The van der Waals surface area contributed by atoms with Crippen LogP contribution in [0.3, 0.4) is 0 Å². The van der Waals surface area contributed by atoms with E-state index in [2.05, 4.69) is 33.1 Å². The van der Waals surface area contributed by atoms with Gasteiger partial charge in [0, 0.05) is 6.04 Å². The Balaban J connectivity index is 2.30. The van der Waals surface area contributed by atoms with Crippen molar-refractivity contribution in [3.05, 3.63) is 0 Å². The Hall–Kier alpha value is -0.0400. The molecule has 1 fully saturated rings. The van der Waals surface area contributed by atoms with E-state index in [-0.39, 0.29) is 0 Å². The Morgan fingerprint density at radius 1 is 1.06 bits per heavy atom. The minimum atomic E-state index is 0.697. The fourth-order valence-corrected chi connectivity index (χ4v) is 3.67. The molecule has 0 bridgehead atoms. The highest BCUT2D eigenvalue weighted by molar-refractivity contribution is 4.83. The van der Waals surface area contributed by atoms with E-state index in [4.69, 9.17) is 0 Å². The van der Waals surface area contributed by atoms with E-state index in [1.165, 1.54) is 57.8 Å². The van der Waals surface area contributed by atoms with Crippen molar-refractivity contribution < 1.29 is 0 Å². The van der Waals surface area contributed by atoms with Gasteiger partial charge in [0.05, 0.1) is 0 Å². The maximum Gasteiger partial charge on any atom is 0.00357 e. The molecule has 1 heteroatoms. The van der Waals surface area contributed by atoms with Crippen LogP contribution in [0.15, 0.2) is 0 Å².